The third-order valence-corrected chi connectivity index (χ3v) is 9.84. The van der Waals surface area contributed by atoms with E-state index in [0.29, 0.717) is 18.9 Å². The first-order chi connectivity index (χ1) is 25.1. The average molecular weight is 785 g/mol. The van der Waals surface area contributed by atoms with Crippen LogP contribution in [-0.2, 0) is 6.18 Å². The van der Waals surface area contributed by atoms with Crippen molar-refractivity contribution < 1.29 is 54.1 Å². The van der Waals surface area contributed by atoms with E-state index >= 15 is 4.39 Å². The number of hydrogen-bond acceptors (Lipinski definition) is 9. The number of hydrogen-bond donors (Lipinski definition) is 2. The van der Waals surface area contributed by atoms with Gasteiger partial charge in [-0.1, -0.05) is 54.9 Å². The number of pyridine rings is 2. The standard InChI is InChI=1S/C32H37F9N6O3.2C2H6/c1-6-7-17-10-47(5)26-21-25(45-28(46-26)49-13-29(12-48)11-30(29,34)35)23(33)24(18-9-20(42)43-16(4)22(18)32(39,40)41)44-27(21)50-19(31(36,37)38)8-14(2)15(17)3;2*1-2/h9,14-15,17,19,48H,6-8,10-13H2,1-5H3,(H2,42,43);2*1-2H3. The maximum Gasteiger partial charge on any atom is 0.425 e. The first-order valence-corrected chi connectivity index (χ1v) is 18.0. The molecule has 54 heavy (non-hydrogen) atoms. The Bertz CT molecular complexity index is 1760. The van der Waals surface area contributed by atoms with E-state index in [1.54, 1.807) is 13.8 Å². The Balaban J connectivity index is 0.00000190. The minimum absolute atomic E-state index is 0.168. The predicted octanol–water partition coefficient (Wildman–Crippen LogP) is 9.42. The molecule has 0 saturated heterocycles. The first-order valence-electron chi connectivity index (χ1n) is 18.0. The number of aromatic nitrogens is 4. The zero-order valence-corrected chi connectivity index (χ0v) is 31.8. The Morgan fingerprint density at radius 2 is 1.65 bits per heavy atom. The molecule has 304 valence electrons. The van der Waals surface area contributed by atoms with Gasteiger partial charge in [-0.3, -0.25) is 0 Å². The number of nitrogen functional groups attached to an aromatic ring is 1. The number of alkyl halides is 8. The molecular formula is C36H49F9N6O3. The quantitative estimate of drug-likeness (QED) is 0.226. The lowest BCUT2D eigenvalue weighted by atomic mass is 9.78. The Labute approximate surface area is 308 Å². The summed E-state index contributed by atoms with van der Waals surface area (Å²) in [5.74, 6) is -7.57. The summed E-state index contributed by atoms with van der Waals surface area (Å²) in [6.07, 6.45) is -12.7. The topological polar surface area (TPSA) is 120 Å². The molecule has 1 aliphatic carbocycles. The van der Waals surface area contributed by atoms with Gasteiger partial charge in [-0.05, 0) is 43.6 Å². The van der Waals surface area contributed by atoms with Gasteiger partial charge in [-0.25, -0.2) is 23.1 Å². The van der Waals surface area contributed by atoms with E-state index in [2.05, 4.69) is 19.9 Å². The molecule has 4 heterocycles. The lowest BCUT2D eigenvalue weighted by Crippen LogP contribution is -2.38. The molecule has 18 heteroatoms. The van der Waals surface area contributed by atoms with Crippen LogP contribution < -0.4 is 20.1 Å². The first kappa shape index (κ1) is 44.6. The Morgan fingerprint density at radius 3 is 2.17 bits per heavy atom. The highest BCUT2D eigenvalue weighted by atomic mass is 19.4. The lowest BCUT2D eigenvalue weighted by Gasteiger charge is -2.33. The number of aryl methyl sites for hydroxylation is 1. The molecular weight excluding hydrogens is 735 g/mol. The molecule has 1 fully saturated rings. The van der Waals surface area contributed by atoms with Gasteiger partial charge >= 0.3 is 18.4 Å². The molecule has 3 aromatic heterocycles. The summed E-state index contributed by atoms with van der Waals surface area (Å²) in [6.45, 7) is 12.7. The molecule has 3 N–H and O–H groups in total. The fraction of sp³-hybridized carbons (Fsp3) is 0.667. The smallest absolute Gasteiger partial charge is 0.425 e. The van der Waals surface area contributed by atoms with E-state index in [1.807, 2.05) is 34.6 Å². The number of nitrogens with two attached hydrogens (primary N) is 1. The molecule has 1 aliphatic heterocycles. The number of nitrogens with zero attached hydrogens (tertiary/aromatic N) is 5. The third kappa shape index (κ3) is 8.99. The molecule has 0 radical (unpaired) electrons. The van der Waals surface area contributed by atoms with Gasteiger partial charge in [0.25, 0.3) is 5.92 Å². The molecule has 5 atom stereocenters. The molecule has 0 spiro atoms. The van der Waals surface area contributed by atoms with E-state index in [0.717, 1.165) is 6.92 Å². The van der Waals surface area contributed by atoms with Crippen LogP contribution in [0.25, 0.3) is 22.2 Å². The van der Waals surface area contributed by atoms with Crippen molar-refractivity contribution in [3.8, 4) is 23.1 Å². The summed E-state index contributed by atoms with van der Waals surface area (Å²) in [5, 5.41) is 9.14. The monoisotopic (exact) mass is 784 g/mol. The normalized spacial score (nSPS) is 23.9. The van der Waals surface area contributed by atoms with Crippen molar-refractivity contribution in [3.63, 3.8) is 0 Å². The van der Waals surface area contributed by atoms with Crippen LogP contribution in [0.5, 0.6) is 11.9 Å². The number of rotatable bonds is 7. The SMILES string of the molecule is CC.CC.CCCC1CN(C)c2nc(OCC3(CO)CC3(F)F)nc3c(F)c(-c4cc(N)nc(C)c4C(F)(F)F)nc(c23)OC(C(F)(F)F)CC(C)C1C. The average Bonchev–Trinajstić information content (AvgIpc) is 3.67. The van der Waals surface area contributed by atoms with Crippen LogP contribution in [0.4, 0.5) is 51.1 Å². The molecule has 0 bridgehead atoms. The molecule has 2 aliphatic rings. The van der Waals surface area contributed by atoms with E-state index < -0.39 is 119 Å². The number of ether oxygens (including phenoxy) is 2. The summed E-state index contributed by atoms with van der Waals surface area (Å²) in [7, 11) is 1.51. The van der Waals surface area contributed by atoms with E-state index in [-0.39, 0.29) is 24.2 Å². The molecule has 0 amide bonds. The number of anilines is 2. The second-order valence-electron chi connectivity index (χ2n) is 13.4. The van der Waals surface area contributed by atoms with Gasteiger partial charge in [0, 0.05) is 25.6 Å². The van der Waals surface area contributed by atoms with Crippen molar-refractivity contribution in [1.82, 2.24) is 19.9 Å². The molecule has 5 rings (SSSR count). The molecule has 5 unspecified atom stereocenters. The minimum Gasteiger partial charge on any atom is -0.464 e. The second-order valence-corrected chi connectivity index (χ2v) is 13.4. The largest absolute Gasteiger partial charge is 0.464 e. The van der Waals surface area contributed by atoms with Crippen molar-refractivity contribution in [3.05, 3.63) is 23.1 Å². The highest BCUT2D eigenvalue weighted by molar-refractivity contribution is 5.97. The van der Waals surface area contributed by atoms with Crippen LogP contribution in [0, 0.1) is 35.9 Å². The highest BCUT2D eigenvalue weighted by Gasteiger charge is 2.71. The third-order valence-electron chi connectivity index (χ3n) is 9.84. The molecule has 0 aromatic carbocycles. The van der Waals surface area contributed by atoms with Crippen LogP contribution >= 0.6 is 0 Å². The van der Waals surface area contributed by atoms with Crippen LogP contribution in [-0.4, -0.2) is 70.1 Å². The van der Waals surface area contributed by atoms with Crippen molar-refractivity contribution in [2.24, 2.45) is 23.2 Å². The van der Waals surface area contributed by atoms with Crippen LogP contribution in [0.2, 0.25) is 0 Å². The van der Waals surface area contributed by atoms with Gasteiger partial charge in [0.1, 0.15) is 34.8 Å². The summed E-state index contributed by atoms with van der Waals surface area (Å²) in [5.41, 5.74) is -1.25. The zero-order valence-electron chi connectivity index (χ0n) is 31.8. The Kier molecular flexibility index (Phi) is 13.9. The minimum atomic E-state index is -5.14. The van der Waals surface area contributed by atoms with E-state index in [9.17, 15) is 40.2 Å². The fourth-order valence-corrected chi connectivity index (χ4v) is 6.64. The fourth-order valence-electron chi connectivity index (χ4n) is 6.64. The molecule has 3 aromatic rings. The highest BCUT2D eigenvalue weighted by Crippen LogP contribution is 2.60. The predicted molar refractivity (Wildman–Crippen MR) is 187 cm³/mol. The van der Waals surface area contributed by atoms with Gasteiger partial charge in [-0.15, -0.1) is 0 Å². The summed E-state index contributed by atoms with van der Waals surface area (Å²) >= 11 is 0. The summed E-state index contributed by atoms with van der Waals surface area (Å²) in [4.78, 5) is 17.3. The summed E-state index contributed by atoms with van der Waals surface area (Å²) in [6, 6.07) is -0.0361. The van der Waals surface area contributed by atoms with Crippen molar-refractivity contribution in [2.75, 3.05) is 37.4 Å². The summed E-state index contributed by atoms with van der Waals surface area (Å²) < 4.78 is 143. The zero-order chi connectivity index (χ0) is 41.1. The molecule has 9 nitrogen and oxygen atoms in total. The van der Waals surface area contributed by atoms with Crippen molar-refractivity contribution >= 4 is 22.5 Å². The Hall–Kier alpha value is -3.83. The number of aliphatic hydroxyl groups excluding tert-OH is 1. The van der Waals surface area contributed by atoms with E-state index in [4.69, 9.17) is 15.2 Å². The van der Waals surface area contributed by atoms with Crippen molar-refractivity contribution in [2.45, 2.75) is 105 Å². The Morgan fingerprint density at radius 1 is 1.04 bits per heavy atom. The van der Waals surface area contributed by atoms with Gasteiger partial charge in [-0.2, -0.15) is 36.3 Å². The second kappa shape index (κ2) is 16.9. The molecule has 1 saturated carbocycles. The lowest BCUT2D eigenvalue weighted by molar-refractivity contribution is -0.201. The number of aliphatic hydroxyl groups is 1. The van der Waals surface area contributed by atoms with Gasteiger partial charge in [0.2, 0.25) is 5.88 Å². The van der Waals surface area contributed by atoms with Crippen LogP contribution in [0.3, 0.4) is 0 Å². The van der Waals surface area contributed by atoms with Gasteiger partial charge in [0.15, 0.2) is 11.9 Å². The number of halogens is 9. The maximum atomic E-state index is 16.7. The van der Waals surface area contributed by atoms with Crippen LogP contribution in [0.1, 0.15) is 85.4 Å². The van der Waals surface area contributed by atoms with Gasteiger partial charge < -0.3 is 25.2 Å². The van der Waals surface area contributed by atoms with E-state index in [1.165, 1.54) is 11.9 Å². The van der Waals surface area contributed by atoms with Crippen LogP contribution in [0.15, 0.2) is 6.07 Å². The maximum absolute atomic E-state index is 16.7. The van der Waals surface area contributed by atoms with Crippen molar-refractivity contribution in [1.29, 1.82) is 0 Å². The van der Waals surface area contributed by atoms with Gasteiger partial charge in [0.05, 0.1) is 23.3 Å².